The van der Waals surface area contributed by atoms with Crippen LogP contribution in [0.4, 0.5) is 3.89 Å². The summed E-state index contributed by atoms with van der Waals surface area (Å²) in [6, 6.07) is 2.60. The molecule has 0 saturated carbocycles. The van der Waals surface area contributed by atoms with Crippen molar-refractivity contribution in [3.63, 3.8) is 0 Å². The lowest BCUT2D eigenvalue weighted by Crippen LogP contribution is -1.96. The Kier molecular flexibility index (Phi) is 2.48. The summed E-state index contributed by atoms with van der Waals surface area (Å²) in [6.45, 7) is 1.68. The lowest BCUT2D eigenvalue weighted by atomic mass is 10.4. The summed E-state index contributed by atoms with van der Waals surface area (Å²) in [5, 5.41) is 0. The van der Waals surface area contributed by atoms with Crippen molar-refractivity contribution in [2.24, 2.45) is 0 Å². The van der Waals surface area contributed by atoms with E-state index in [1.54, 1.807) is 6.92 Å². The second-order valence-corrected chi connectivity index (χ2v) is 4.25. The largest absolute Gasteiger partial charge is 0.334 e. The van der Waals surface area contributed by atoms with Gasteiger partial charge in [0, 0.05) is 5.69 Å². The fourth-order valence-electron chi connectivity index (χ4n) is 0.694. The van der Waals surface area contributed by atoms with Gasteiger partial charge in [-0.2, -0.15) is 8.42 Å². The molecule has 0 amide bonds. The summed E-state index contributed by atoms with van der Waals surface area (Å²) < 4.78 is 33.3. The van der Waals surface area contributed by atoms with Crippen molar-refractivity contribution in [1.82, 2.24) is 4.98 Å². The summed E-state index contributed by atoms with van der Waals surface area (Å²) in [5.41, 5.74) is 0.620. The van der Waals surface area contributed by atoms with E-state index in [9.17, 15) is 12.3 Å². The molecule has 3 nitrogen and oxygen atoms in total. The molecule has 0 aromatic carbocycles. The summed E-state index contributed by atoms with van der Waals surface area (Å²) in [4.78, 5) is 3.30. The van der Waals surface area contributed by atoms with E-state index < -0.39 is 15.1 Å². The molecule has 0 aliphatic carbocycles. The molecule has 12 heavy (non-hydrogen) atoms. The number of hydrogen-bond acceptors (Lipinski definition) is 3. The molecular formula is C6H5BrFNO2S. The van der Waals surface area contributed by atoms with Crippen molar-refractivity contribution >= 4 is 26.2 Å². The van der Waals surface area contributed by atoms with Crippen molar-refractivity contribution in [2.45, 2.75) is 11.8 Å². The molecule has 0 aliphatic rings. The number of aromatic nitrogens is 1. The highest BCUT2D eigenvalue weighted by Gasteiger charge is 2.16. The minimum atomic E-state index is -4.66. The predicted molar refractivity (Wildman–Crippen MR) is 45.0 cm³/mol. The van der Waals surface area contributed by atoms with Gasteiger partial charge in [-0.25, -0.2) is 4.98 Å². The third kappa shape index (κ3) is 2.01. The molecule has 0 radical (unpaired) electrons. The first-order valence-corrected chi connectivity index (χ1v) is 5.17. The summed E-state index contributed by atoms with van der Waals surface area (Å²) in [5.74, 6) is 0. The van der Waals surface area contributed by atoms with E-state index in [1.807, 2.05) is 0 Å². The van der Waals surface area contributed by atoms with Crippen molar-refractivity contribution in [3.05, 3.63) is 22.4 Å². The zero-order valence-corrected chi connectivity index (χ0v) is 8.49. The first kappa shape index (κ1) is 9.60. The summed E-state index contributed by atoms with van der Waals surface area (Å²) >= 11 is 2.85. The second-order valence-electron chi connectivity index (χ2n) is 2.18. The smallest absolute Gasteiger partial charge is 0.245 e. The summed E-state index contributed by atoms with van der Waals surface area (Å²) in [7, 11) is -4.66. The summed E-state index contributed by atoms with van der Waals surface area (Å²) in [6.07, 6.45) is 0. The van der Waals surface area contributed by atoms with Crippen LogP contribution in [0.1, 0.15) is 5.69 Å². The Labute approximate surface area is 78.0 Å². The van der Waals surface area contributed by atoms with Crippen LogP contribution in [0.15, 0.2) is 21.6 Å². The molecule has 0 fully saturated rings. The van der Waals surface area contributed by atoms with E-state index in [4.69, 9.17) is 0 Å². The molecule has 0 saturated heterocycles. The zero-order valence-electron chi connectivity index (χ0n) is 6.08. The fourth-order valence-corrected chi connectivity index (χ4v) is 2.16. The fraction of sp³-hybridized carbons (Fsp3) is 0.167. The van der Waals surface area contributed by atoms with Crippen LogP contribution in [-0.4, -0.2) is 13.4 Å². The number of nitrogens with zero attached hydrogens (tertiary/aromatic N) is 1. The van der Waals surface area contributed by atoms with E-state index in [-0.39, 0.29) is 4.60 Å². The molecule has 1 rings (SSSR count). The second kappa shape index (κ2) is 3.10. The van der Waals surface area contributed by atoms with Crippen LogP contribution in [0.25, 0.3) is 0 Å². The number of hydrogen-bond donors (Lipinski definition) is 0. The molecule has 1 aromatic rings. The van der Waals surface area contributed by atoms with Gasteiger partial charge in [-0.15, -0.1) is 3.89 Å². The van der Waals surface area contributed by atoms with Crippen molar-refractivity contribution in [2.75, 3.05) is 0 Å². The highest BCUT2D eigenvalue weighted by atomic mass is 79.9. The van der Waals surface area contributed by atoms with Gasteiger partial charge in [0.15, 0.2) is 0 Å². The Morgan fingerprint density at radius 3 is 2.50 bits per heavy atom. The first-order valence-electron chi connectivity index (χ1n) is 2.99. The van der Waals surface area contributed by atoms with Crippen molar-refractivity contribution in [1.29, 1.82) is 0 Å². The number of halogens is 2. The Morgan fingerprint density at radius 2 is 2.08 bits per heavy atom. The van der Waals surface area contributed by atoms with E-state index in [1.165, 1.54) is 12.1 Å². The lowest BCUT2D eigenvalue weighted by Gasteiger charge is -1.98. The Bertz CT molecular complexity index is 404. The average Bonchev–Trinajstić information content (AvgIpc) is 1.83. The zero-order chi connectivity index (χ0) is 9.35. The highest BCUT2D eigenvalue weighted by Crippen LogP contribution is 2.21. The van der Waals surface area contributed by atoms with Crippen molar-refractivity contribution < 1.29 is 12.3 Å². The third-order valence-electron chi connectivity index (χ3n) is 1.22. The van der Waals surface area contributed by atoms with Gasteiger partial charge in [-0.1, -0.05) is 0 Å². The minimum absolute atomic E-state index is 0.00463. The molecule has 1 aromatic heterocycles. The van der Waals surface area contributed by atoms with Gasteiger partial charge in [0.1, 0.15) is 9.50 Å². The van der Waals surface area contributed by atoms with Gasteiger partial charge >= 0.3 is 10.2 Å². The molecule has 1 heterocycles. The number of pyridine rings is 1. The van der Waals surface area contributed by atoms with E-state index in [0.29, 0.717) is 5.69 Å². The Hall–Kier alpha value is -0.490. The van der Waals surface area contributed by atoms with Gasteiger partial charge < -0.3 is 0 Å². The standard InChI is InChI=1S/C6H5BrFNO2S/c1-4-2-3-5(6(7)9-4)12(8,10)11/h2-3H,1H3. The molecule has 0 atom stereocenters. The van der Waals surface area contributed by atoms with Crippen LogP contribution >= 0.6 is 15.9 Å². The molecule has 0 aliphatic heterocycles. The monoisotopic (exact) mass is 253 g/mol. The molecule has 66 valence electrons. The molecule has 0 spiro atoms. The number of rotatable bonds is 1. The van der Waals surface area contributed by atoms with Gasteiger partial charge in [0.25, 0.3) is 0 Å². The molecular weight excluding hydrogens is 249 g/mol. The number of aryl methyl sites for hydroxylation is 1. The SMILES string of the molecule is Cc1ccc(S(=O)(=O)F)c(Br)n1. The van der Waals surface area contributed by atoms with Crippen LogP contribution in [0, 0.1) is 6.92 Å². The molecule has 0 unspecified atom stereocenters. The highest BCUT2D eigenvalue weighted by molar-refractivity contribution is 9.10. The van der Waals surface area contributed by atoms with Gasteiger partial charge in [-0.3, -0.25) is 0 Å². The van der Waals surface area contributed by atoms with Gasteiger partial charge in [0.05, 0.1) is 0 Å². The normalized spacial score (nSPS) is 11.6. The van der Waals surface area contributed by atoms with E-state index in [2.05, 4.69) is 20.9 Å². The minimum Gasteiger partial charge on any atom is -0.245 e. The van der Waals surface area contributed by atoms with E-state index >= 15 is 0 Å². The van der Waals surface area contributed by atoms with Crippen LogP contribution < -0.4 is 0 Å². The lowest BCUT2D eigenvalue weighted by molar-refractivity contribution is 0.551. The molecule has 0 N–H and O–H groups in total. The molecule has 0 bridgehead atoms. The average molecular weight is 254 g/mol. The van der Waals surface area contributed by atoms with Crippen LogP contribution in [-0.2, 0) is 10.2 Å². The Morgan fingerprint density at radius 1 is 1.50 bits per heavy atom. The maximum atomic E-state index is 12.4. The first-order chi connectivity index (χ1) is 5.41. The van der Waals surface area contributed by atoms with Gasteiger partial charge in [-0.05, 0) is 35.0 Å². The van der Waals surface area contributed by atoms with E-state index in [0.717, 1.165) is 0 Å². The topological polar surface area (TPSA) is 47.0 Å². The quantitative estimate of drug-likeness (QED) is 0.567. The molecule has 6 heteroatoms. The maximum Gasteiger partial charge on any atom is 0.334 e. The maximum absolute atomic E-state index is 12.4. The third-order valence-corrected chi connectivity index (χ3v) is 2.94. The van der Waals surface area contributed by atoms with Gasteiger partial charge in [0.2, 0.25) is 0 Å². The Balaban J connectivity index is 3.39. The predicted octanol–water partition coefficient (Wildman–Crippen LogP) is 1.81. The van der Waals surface area contributed by atoms with Crippen LogP contribution in [0.3, 0.4) is 0 Å². The van der Waals surface area contributed by atoms with Crippen LogP contribution in [0.2, 0.25) is 0 Å². The van der Waals surface area contributed by atoms with Crippen molar-refractivity contribution in [3.8, 4) is 0 Å². The van der Waals surface area contributed by atoms with Crippen LogP contribution in [0.5, 0.6) is 0 Å².